The Bertz CT molecular complexity index is 655. The van der Waals surface area contributed by atoms with Crippen molar-refractivity contribution >= 4 is 18.2 Å². The average molecular weight is 378 g/mol. The molecule has 1 aromatic carbocycles. The quantitative estimate of drug-likeness (QED) is 0.611. The van der Waals surface area contributed by atoms with Crippen LogP contribution in [0.2, 0.25) is 0 Å². The van der Waals surface area contributed by atoms with Crippen LogP contribution in [-0.2, 0) is 27.3 Å². The zero-order chi connectivity index (χ0) is 20.5. The molecule has 0 amide bonds. The number of benzene rings is 1. The van der Waals surface area contributed by atoms with E-state index >= 15 is 0 Å². The molecule has 0 bridgehead atoms. The van der Waals surface area contributed by atoms with Crippen molar-refractivity contribution in [2.24, 2.45) is 0 Å². The van der Waals surface area contributed by atoms with Gasteiger partial charge in [0.2, 0.25) is 0 Å². The first-order valence-electron chi connectivity index (χ1n) is 9.49. The molecular weight excluding hydrogens is 350 g/mol. The lowest BCUT2D eigenvalue weighted by Gasteiger charge is -2.25. The van der Waals surface area contributed by atoms with Gasteiger partial charge in [-0.05, 0) is 11.1 Å². The van der Waals surface area contributed by atoms with Crippen LogP contribution in [0.25, 0.3) is 0 Å². The van der Waals surface area contributed by atoms with Gasteiger partial charge in [0, 0.05) is 52.2 Å². The van der Waals surface area contributed by atoms with E-state index in [-0.39, 0.29) is 19.5 Å². The van der Waals surface area contributed by atoms with Crippen LogP contribution >= 0.6 is 0 Å². The minimum Gasteiger partial charge on any atom is -0.480 e. The number of carbonyl (C=O) groups excluding carboxylic acids is 1. The summed E-state index contributed by atoms with van der Waals surface area (Å²) in [5.41, 5.74) is 1.85. The van der Waals surface area contributed by atoms with Gasteiger partial charge in [-0.3, -0.25) is 24.3 Å². The number of aliphatic carboxylic acids is 2. The highest BCUT2D eigenvalue weighted by molar-refractivity contribution is 5.69. The van der Waals surface area contributed by atoms with Crippen LogP contribution in [0.1, 0.15) is 12.5 Å². The average Bonchev–Trinajstić information content (AvgIpc) is 2.68. The van der Waals surface area contributed by atoms with Crippen molar-refractivity contribution < 1.29 is 26.0 Å². The number of carboxylic acids is 2. The molecule has 1 aliphatic heterocycles. The predicted molar refractivity (Wildman–Crippen MR) is 99.6 cm³/mol. The Morgan fingerprint density at radius 1 is 0.852 bits per heavy atom. The van der Waals surface area contributed by atoms with Crippen molar-refractivity contribution in [1.82, 2.24) is 14.7 Å². The smallest absolute Gasteiger partial charge is 0.317 e. The lowest BCUT2D eigenvalue weighted by atomic mass is 10.1. The fraction of sp³-hybridized carbons (Fsp3) is 0.526. The van der Waals surface area contributed by atoms with E-state index in [2.05, 4.69) is 4.90 Å². The van der Waals surface area contributed by atoms with Gasteiger partial charge in [-0.15, -0.1) is 0 Å². The standard InChI is InChI=1S/C19H27N3O5/c23-12-5-16-1-3-17(4-2-16)13-20-6-8-21(14-18(24)25)10-11-22(9-7-20)15-19(26)27/h1-4,12H,5-11,13-15H2,(H,24,25)(H,26,27)/i12D. The van der Waals surface area contributed by atoms with E-state index in [0.717, 1.165) is 11.1 Å². The minimum absolute atomic E-state index is 0.0649. The molecule has 1 aromatic rings. The molecule has 1 fully saturated rings. The number of hydrogen-bond acceptors (Lipinski definition) is 6. The van der Waals surface area contributed by atoms with Gasteiger partial charge in [-0.25, -0.2) is 0 Å². The number of aldehydes is 1. The summed E-state index contributed by atoms with van der Waals surface area (Å²) >= 11 is 0. The van der Waals surface area contributed by atoms with Crippen LogP contribution in [0.4, 0.5) is 0 Å². The lowest BCUT2D eigenvalue weighted by Crippen LogP contribution is -2.40. The van der Waals surface area contributed by atoms with Crippen molar-refractivity contribution in [2.75, 3.05) is 52.4 Å². The summed E-state index contributed by atoms with van der Waals surface area (Å²) in [5, 5.41) is 18.2. The van der Waals surface area contributed by atoms with Crippen LogP contribution in [0.5, 0.6) is 0 Å². The maximum Gasteiger partial charge on any atom is 0.317 e. The highest BCUT2D eigenvalue weighted by Crippen LogP contribution is 2.09. The molecule has 1 heterocycles. The fourth-order valence-corrected chi connectivity index (χ4v) is 3.14. The molecule has 8 heteroatoms. The molecule has 148 valence electrons. The summed E-state index contributed by atoms with van der Waals surface area (Å²) in [6, 6.07) is 7.53. The SMILES string of the molecule is [2H]C(=O)Cc1ccc(CN2CCN(CC(=O)O)CCN(CC(=O)O)CC2)cc1. The second-order valence-electron chi connectivity index (χ2n) is 6.75. The normalized spacial score (nSPS) is 18.1. The number of nitrogens with zero attached hydrogens (tertiary/aromatic N) is 3. The molecule has 0 radical (unpaired) electrons. The van der Waals surface area contributed by atoms with Crippen molar-refractivity contribution in [3.63, 3.8) is 0 Å². The van der Waals surface area contributed by atoms with Crippen LogP contribution in [0, 0.1) is 0 Å². The first-order chi connectivity index (χ1) is 13.3. The van der Waals surface area contributed by atoms with E-state index in [1.54, 1.807) is 0 Å². The first-order valence-corrected chi connectivity index (χ1v) is 8.99. The first kappa shape index (κ1) is 19.5. The number of hydrogen-bond donors (Lipinski definition) is 2. The monoisotopic (exact) mass is 378 g/mol. The molecule has 0 aliphatic carbocycles. The fourth-order valence-electron chi connectivity index (χ4n) is 3.14. The highest BCUT2D eigenvalue weighted by atomic mass is 16.4. The van der Waals surface area contributed by atoms with E-state index in [9.17, 15) is 14.4 Å². The van der Waals surface area contributed by atoms with Crippen LogP contribution < -0.4 is 0 Å². The van der Waals surface area contributed by atoms with Gasteiger partial charge in [0.15, 0.2) is 0 Å². The maximum atomic E-state index is 11.1. The molecule has 0 spiro atoms. The third-order valence-electron chi connectivity index (χ3n) is 4.62. The minimum atomic E-state index is -0.893. The Labute approximate surface area is 160 Å². The van der Waals surface area contributed by atoms with Crippen molar-refractivity contribution in [2.45, 2.75) is 13.0 Å². The largest absolute Gasteiger partial charge is 0.480 e. The molecule has 0 saturated carbocycles. The molecule has 0 aromatic heterocycles. The zero-order valence-corrected chi connectivity index (χ0v) is 15.3. The molecule has 0 unspecified atom stereocenters. The van der Waals surface area contributed by atoms with Gasteiger partial charge in [-0.2, -0.15) is 0 Å². The molecule has 8 nitrogen and oxygen atoms in total. The topological polar surface area (TPSA) is 101 Å². The molecule has 0 atom stereocenters. The van der Waals surface area contributed by atoms with E-state index < -0.39 is 18.2 Å². The Morgan fingerprint density at radius 2 is 1.26 bits per heavy atom. The predicted octanol–water partition coefficient (Wildman–Crippen LogP) is 0.0168. The molecule has 2 N–H and O–H groups in total. The van der Waals surface area contributed by atoms with Crippen molar-refractivity contribution in [3.05, 3.63) is 35.4 Å². The summed E-state index contributed by atoms with van der Waals surface area (Å²) < 4.78 is 7.03. The Kier molecular flexibility index (Phi) is 7.76. The zero-order valence-electron chi connectivity index (χ0n) is 16.3. The molecule has 27 heavy (non-hydrogen) atoms. The van der Waals surface area contributed by atoms with Crippen LogP contribution in [0.3, 0.4) is 0 Å². The summed E-state index contributed by atoms with van der Waals surface area (Å²) in [6.45, 7) is 4.11. The molecule has 1 aliphatic rings. The lowest BCUT2D eigenvalue weighted by molar-refractivity contribution is -0.140. The third-order valence-corrected chi connectivity index (χ3v) is 4.62. The van der Waals surface area contributed by atoms with Gasteiger partial charge in [-0.1, -0.05) is 24.3 Å². The third kappa shape index (κ3) is 7.86. The van der Waals surface area contributed by atoms with Gasteiger partial charge < -0.3 is 15.0 Å². The summed E-state index contributed by atoms with van der Waals surface area (Å²) in [7, 11) is 0. The van der Waals surface area contributed by atoms with Gasteiger partial charge >= 0.3 is 11.9 Å². The van der Waals surface area contributed by atoms with Crippen LogP contribution in [0.15, 0.2) is 24.3 Å². The number of carbonyl (C=O) groups is 3. The highest BCUT2D eigenvalue weighted by Gasteiger charge is 2.19. The molecule has 2 rings (SSSR count). The van der Waals surface area contributed by atoms with E-state index in [0.29, 0.717) is 45.8 Å². The maximum absolute atomic E-state index is 11.1. The van der Waals surface area contributed by atoms with Gasteiger partial charge in [0.05, 0.1) is 13.1 Å². The number of rotatable bonds is 8. The van der Waals surface area contributed by atoms with Gasteiger partial charge in [0.25, 0.3) is 0 Å². The molecular formula is C19H27N3O5. The van der Waals surface area contributed by atoms with Crippen molar-refractivity contribution in [3.8, 4) is 0 Å². The summed E-state index contributed by atoms with van der Waals surface area (Å²) in [6.07, 6.45) is -0.525. The second kappa shape index (κ2) is 10.8. The Hall–Kier alpha value is -2.29. The Morgan fingerprint density at radius 3 is 1.67 bits per heavy atom. The summed E-state index contributed by atoms with van der Waals surface area (Å²) in [5.74, 6) is -1.79. The van der Waals surface area contributed by atoms with Crippen LogP contribution in [-0.4, -0.2) is 95.5 Å². The second-order valence-corrected chi connectivity index (χ2v) is 6.75. The van der Waals surface area contributed by atoms with E-state index in [1.165, 1.54) is 0 Å². The van der Waals surface area contributed by atoms with Crippen molar-refractivity contribution in [1.29, 1.82) is 0 Å². The van der Waals surface area contributed by atoms with E-state index in [4.69, 9.17) is 11.6 Å². The van der Waals surface area contributed by atoms with Gasteiger partial charge in [0.1, 0.15) is 7.63 Å². The van der Waals surface area contributed by atoms with E-state index in [1.807, 2.05) is 34.1 Å². The Balaban J connectivity index is 2.03. The number of carboxylic acid groups (broad SMARTS) is 2. The molecule has 1 saturated heterocycles. The summed E-state index contributed by atoms with van der Waals surface area (Å²) in [4.78, 5) is 38.9.